The fraction of sp³-hybridized carbons (Fsp3) is 0.105. The molecular weight excluding hydrogens is 334 g/mol. The average molecular weight is 351 g/mol. The number of anilines is 1. The van der Waals surface area contributed by atoms with Crippen molar-refractivity contribution in [1.82, 2.24) is 10.6 Å². The Labute approximate surface area is 149 Å². The standard InChI is InChI=1S/C19H17N3O4/c23-17(22-16-9-3-6-13-5-1-2-8-15(13)16)12-21-19(25)18(24)20-11-14-7-4-10-26-14/h1-10H,11-12H2,(H,20,24)(H,21,25)(H,22,23). The van der Waals surface area contributed by atoms with Gasteiger partial charge in [-0.3, -0.25) is 14.4 Å². The zero-order chi connectivity index (χ0) is 18.4. The van der Waals surface area contributed by atoms with Crippen molar-refractivity contribution in [1.29, 1.82) is 0 Å². The van der Waals surface area contributed by atoms with E-state index in [-0.39, 0.29) is 13.1 Å². The molecule has 3 N–H and O–H groups in total. The summed E-state index contributed by atoms with van der Waals surface area (Å²) >= 11 is 0. The number of hydrogen-bond donors (Lipinski definition) is 3. The molecular formula is C19H17N3O4. The van der Waals surface area contributed by atoms with Crippen LogP contribution in [0, 0.1) is 0 Å². The van der Waals surface area contributed by atoms with E-state index >= 15 is 0 Å². The maximum atomic E-state index is 12.1. The molecule has 0 saturated heterocycles. The fourth-order valence-corrected chi connectivity index (χ4v) is 2.43. The average Bonchev–Trinajstić information content (AvgIpc) is 3.18. The summed E-state index contributed by atoms with van der Waals surface area (Å²) in [7, 11) is 0. The molecule has 3 amide bonds. The van der Waals surface area contributed by atoms with E-state index in [1.807, 2.05) is 36.4 Å². The van der Waals surface area contributed by atoms with Crippen LogP contribution in [0.5, 0.6) is 0 Å². The number of rotatable bonds is 5. The number of carbonyl (C=O) groups excluding carboxylic acids is 3. The first-order valence-electron chi connectivity index (χ1n) is 7.99. The van der Waals surface area contributed by atoms with Crippen LogP contribution in [-0.4, -0.2) is 24.3 Å². The van der Waals surface area contributed by atoms with Crippen molar-refractivity contribution in [2.75, 3.05) is 11.9 Å². The molecule has 0 spiro atoms. The third kappa shape index (κ3) is 4.27. The monoisotopic (exact) mass is 351 g/mol. The second-order valence-electron chi connectivity index (χ2n) is 5.52. The molecule has 0 unspecified atom stereocenters. The highest BCUT2D eigenvalue weighted by Crippen LogP contribution is 2.22. The van der Waals surface area contributed by atoms with Crippen LogP contribution in [-0.2, 0) is 20.9 Å². The molecule has 7 heteroatoms. The second-order valence-corrected chi connectivity index (χ2v) is 5.52. The van der Waals surface area contributed by atoms with Crippen molar-refractivity contribution in [3.8, 4) is 0 Å². The van der Waals surface area contributed by atoms with Gasteiger partial charge in [0.15, 0.2) is 0 Å². The van der Waals surface area contributed by atoms with Gasteiger partial charge in [-0.15, -0.1) is 0 Å². The Bertz CT molecular complexity index is 930. The lowest BCUT2D eigenvalue weighted by atomic mass is 10.1. The van der Waals surface area contributed by atoms with Gasteiger partial charge in [-0.1, -0.05) is 36.4 Å². The van der Waals surface area contributed by atoms with Gasteiger partial charge in [0.1, 0.15) is 5.76 Å². The van der Waals surface area contributed by atoms with Crippen LogP contribution in [0.15, 0.2) is 65.3 Å². The Morgan fingerprint density at radius 2 is 1.62 bits per heavy atom. The van der Waals surface area contributed by atoms with Gasteiger partial charge in [0.2, 0.25) is 5.91 Å². The molecule has 0 fully saturated rings. The van der Waals surface area contributed by atoms with Gasteiger partial charge < -0.3 is 20.4 Å². The molecule has 1 heterocycles. The van der Waals surface area contributed by atoms with Crippen LogP contribution in [0.25, 0.3) is 10.8 Å². The Morgan fingerprint density at radius 3 is 2.42 bits per heavy atom. The third-order valence-electron chi connectivity index (χ3n) is 3.68. The van der Waals surface area contributed by atoms with E-state index in [1.54, 1.807) is 18.2 Å². The van der Waals surface area contributed by atoms with Gasteiger partial charge in [0, 0.05) is 11.1 Å². The molecule has 2 aromatic carbocycles. The Kier molecular flexibility index (Phi) is 5.28. The zero-order valence-corrected chi connectivity index (χ0v) is 13.8. The summed E-state index contributed by atoms with van der Waals surface area (Å²) in [5.74, 6) is -1.61. The number of hydrogen-bond acceptors (Lipinski definition) is 4. The Morgan fingerprint density at radius 1 is 0.846 bits per heavy atom. The van der Waals surface area contributed by atoms with Crippen molar-refractivity contribution in [2.24, 2.45) is 0 Å². The molecule has 0 saturated carbocycles. The molecule has 0 aliphatic carbocycles. The summed E-state index contributed by atoms with van der Waals surface area (Å²) in [6, 6.07) is 16.5. The fourth-order valence-electron chi connectivity index (χ4n) is 2.43. The molecule has 0 bridgehead atoms. The molecule has 7 nitrogen and oxygen atoms in total. The van der Waals surface area contributed by atoms with Crippen LogP contribution in [0.4, 0.5) is 5.69 Å². The summed E-state index contributed by atoms with van der Waals surface area (Å²) in [5.41, 5.74) is 0.643. The molecule has 0 atom stereocenters. The highest BCUT2D eigenvalue weighted by atomic mass is 16.3. The Hall–Kier alpha value is -3.61. The first kappa shape index (κ1) is 17.2. The van der Waals surface area contributed by atoms with E-state index < -0.39 is 17.7 Å². The summed E-state index contributed by atoms with van der Waals surface area (Å²) in [4.78, 5) is 35.5. The van der Waals surface area contributed by atoms with Crippen LogP contribution in [0.1, 0.15) is 5.76 Å². The number of nitrogens with one attached hydrogen (secondary N) is 3. The second kappa shape index (κ2) is 7.98. The minimum Gasteiger partial charge on any atom is -0.467 e. The number of carbonyl (C=O) groups is 3. The highest BCUT2D eigenvalue weighted by Gasteiger charge is 2.15. The molecule has 0 aliphatic rings. The summed E-state index contributed by atoms with van der Waals surface area (Å²) in [6.07, 6.45) is 1.47. The predicted molar refractivity (Wildman–Crippen MR) is 96.1 cm³/mol. The third-order valence-corrected chi connectivity index (χ3v) is 3.68. The van der Waals surface area contributed by atoms with Gasteiger partial charge in [0.25, 0.3) is 0 Å². The summed E-state index contributed by atoms with van der Waals surface area (Å²) in [5, 5.41) is 9.31. The first-order valence-corrected chi connectivity index (χ1v) is 7.99. The van der Waals surface area contributed by atoms with Crippen molar-refractivity contribution in [3.05, 3.63) is 66.6 Å². The maximum Gasteiger partial charge on any atom is 0.309 e. The van der Waals surface area contributed by atoms with Gasteiger partial charge in [-0.25, -0.2) is 0 Å². The lowest BCUT2D eigenvalue weighted by Crippen LogP contribution is -2.42. The van der Waals surface area contributed by atoms with Crippen molar-refractivity contribution in [3.63, 3.8) is 0 Å². The largest absolute Gasteiger partial charge is 0.467 e. The smallest absolute Gasteiger partial charge is 0.309 e. The lowest BCUT2D eigenvalue weighted by Gasteiger charge is -2.09. The van der Waals surface area contributed by atoms with Gasteiger partial charge in [-0.05, 0) is 23.6 Å². The predicted octanol–water partition coefficient (Wildman–Crippen LogP) is 1.80. The molecule has 0 radical (unpaired) electrons. The summed E-state index contributed by atoms with van der Waals surface area (Å²) in [6.45, 7) is -0.211. The van der Waals surface area contributed by atoms with Gasteiger partial charge in [0.05, 0.1) is 19.4 Å². The van der Waals surface area contributed by atoms with Crippen molar-refractivity contribution >= 4 is 34.2 Å². The normalized spacial score (nSPS) is 10.3. The van der Waals surface area contributed by atoms with E-state index in [4.69, 9.17) is 4.42 Å². The van der Waals surface area contributed by atoms with Crippen LogP contribution in [0.2, 0.25) is 0 Å². The van der Waals surface area contributed by atoms with Crippen molar-refractivity contribution in [2.45, 2.75) is 6.54 Å². The van der Waals surface area contributed by atoms with Crippen LogP contribution >= 0.6 is 0 Å². The van der Waals surface area contributed by atoms with Crippen LogP contribution in [0.3, 0.4) is 0 Å². The number of benzene rings is 2. The van der Waals surface area contributed by atoms with E-state index in [9.17, 15) is 14.4 Å². The summed E-state index contributed by atoms with van der Waals surface area (Å²) < 4.78 is 5.05. The maximum absolute atomic E-state index is 12.1. The minimum atomic E-state index is -0.885. The van der Waals surface area contributed by atoms with Crippen molar-refractivity contribution < 1.29 is 18.8 Å². The van der Waals surface area contributed by atoms with E-state index in [0.29, 0.717) is 11.4 Å². The number of furan rings is 1. The van der Waals surface area contributed by atoms with Gasteiger partial charge in [-0.2, -0.15) is 0 Å². The molecule has 3 aromatic rings. The molecule has 0 aliphatic heterocycles. The minimum absolute atomic E-state index is 0.0987. The topological polar surface area (TPSA) is 100 Å². The molecule has 132 valence electrons. The first-order chi connectivity index (χ1) is 12.6. The molecule has 3 rings (SSSR count). The highest BCUT2D eigenvalue weighted by molar-refractivity contribution is 6.35. The molecule has 1 aromatic heterocycles. The van der Waals surface area contributed by atoms with E-state index in [2.05, 4.69) is 16.0 Å². The zero-order valence-electron chi connectivity index (χ0n) is 13.8. The number of amides is 3. The van der Waals surface area contributed by atoms with E-state index in [1.165, 1.54) is 6.26 Å². The quantitative estimate of drug-likeness (QED) is 0.610. The van der Waals surface area contributed by atoms with E-state index in [0.717, 1.165) is 10.8 Å². The SMILES string of the molecule is O=C(CNC(=O)C(=O)NCc1ccco1)Nc1cccc2ccccc12. The number of fused-ring (bicyclic) bond motifs is 1. The van der Waals surface area contributed by atoms with Crippen LogP contribution < -0.4 is 16.0 Å². The lowest BCUT2D eigenvalue weighted by molar-refractivity contribution is -0.139. The Balaban J connectivity index is 1.50. The molecule has 26 heavy (non-hydrogen) atoms. The van der Waals surface area contributed by atoms with Gasteiger partial charge >= 0.3 is 11.8 Å².